The van der Waals surface area contributed by atoms with Crippen LogP contribution in [0, 0.1) is 0 Å². The fourth-order valence-electron chi connectivity index (χ4n) is 2.55. The summed E-state index contributed by atoms with van der Waals surface area (Å²) < 4.78 is 12.1. The number of benzene rings is 1. The number of carbonyl (C=O) groups excluding carboxylic acids is 1. The first kappa shape index (κ1) is 17.8. The first-order valence-corrected chi connectivity index (χ1v) is 8.13. The van der Waals surface area contributed by atoms with Crippen molar-refractivity contribution >= 4 is 24.3 Å². The zero-order chi connectivity index (χ0) is 17.4. The molecule has 0 aromatic heterocycles. The summed E-state index contributed by atoms with van der Waals surface area (Å²) in [5.74, 6) is 0. The van der Waals surface area contributed by atoms with Crippen LogP contribution < -0.4 is 16.1 Å². The van der Waals surface area contributed by atoms with Crippen molar-refractivity contribution in [1.29, 1.82) is 0 Å². The fourth-order valence-corrected chi connectivity index (χ4v) is 2.55. The number of amides is 2. The molecule has 0 spiro atoms. The van der Waals surface area contributed by atoms with Crippen LogP contribution in [-0.4, -0.2) is 30.4 Å². The molecule has 23 heavy (non-hydrogen) atoms. The van der Waals surface area contributed by atoms with Crippen LogP contribution >= 0.6 is 0 Å². The number of primary amides is 1. The maximum absolute atomic E-state index is 11.7. The van der Waals surface area contributed by atoms with Gasteiger partial charge >= 0.3 is 13.1 Å². The monoisotopic (exact) mass is 318 g/mol. The SMILES string of the molecule is CC[C@@H](C)N(C(N)=O)c1ccc(B2OC(C)(C)C(C)(C)O2)cc1. The molecule has 2 N–H and O–H groups in total. The van der Waals surface area contributed by atoms with E-state index in [0.717, 1.165) is 17.6 Å². The van der Waals surface area contributed by atoms with Crippen LogP contribution in [0.1, 0.15) is 48.0 Å². The maximum atomic E-state index is 11.7. The molecular weight excluding hydrogens is 291 g/mol. The fraction of sp³-hybridized carbons (Fsp3) is 0.588. The molecule has 1 heterocycles. The van der Waals surface area contributed by atoms with Gasteiger partial charge in [-0.05, 0) is 58.6 Å². The van der Waals surface area contributed by atoms with E-state index in [1.807, 2.05) is 65.8 Å². The number of nitrogens with zero attached hydrogens (tertiary/aromatic N) is 1. The van der Waals surface area contributed by atoms with Gasteiger partial charge in [0.25, 0.3) is 0 Å². The van der Waals surface area contributed by atoms with E-state index in [9.17, 15) is 4.79 Å². The Kier molecular flexibility index (Phi) is 4.78. The van der Waals surface area contributed by atoms with E-state index in [1.54, 1.807) is 4.90 Å². The molecule has 1 aliphatic heterocycles. The van der Waals surface area contributed by atoms with E-state index < -0.39 is 13.1 Å². The molecule has 0 unspecified atom stereocenters. The van der Waals surface area contributed by atoms with Crippen LogP contribution in [0.3, 0.4) is 0 Å². The van der Waals surface area contributed by atoms with Crippen LogP contribution in [0.25, 0.3) is 0 Å². The number of hydrogen-bond acceptors (Lipinski definition) is 3. The minimum Gasteiger partial charge on any atom is -0.399 e. The highest BCUT2D eigenvalue weighted by atomic mass is 16.7. The van der Waals surface area contributed by atoms with Gasteiger partial charge in [0.15, 0.2) is 0 Å². The Labute approximate surface area is 139 Å². The quantitative estimate of drug-likeness (QED) is 0.868. The number of hydrogen-bond donors (Lipinski definition) is 1. The summed E-state index contributed by atoms with van der Waals surface area (Å²) in [4.78, 5) is 13.3. The first-order valence-electron chi connectivity index (χ1n) is 8.13. The highest BCUT2D eigenvalue weighted by Gasteiger charge is 2.51. The molecule has 126 valence electrons. The van der Waals surface area contributed by atoms with Crippen molar-refractivity contribution in [1.82, 2.24) is 0 Å². The normalized spacial score (nSPS) is 20.3. The van der Waals surface area contributed by atoms with E-state index >= 15 is 0 Å². The van der Waals surface area contributed by atoms with Crippen molar-refractivity contribution in [2.45, 2.75) is 65.2 Å². The Morgan fingerprint density at radius 3 is 2.04 bits per heavy atom. The topological polar surface area (TPSA) is 64.8 Å². The van der Waals surface area contributed by atoms with Gasteiger partial charge in [-0.15, -0.1) is 0 Å². The second kappa shape index (κ2) is 6.17. The van der Waals surface area contributed by atoms with E-state index in [4.69, 9.17) is 15.0 Å². The molecule has 0 aliphatic carbocycles. The van der Waals surface area contributed by atoms with Crippen molar-refractivity contribution in [3.8, 4) is 0 Å². The second-order valence-corrected chi connectivity index (χ2v) is 7.15. The molecule has 5 nitrogen and oxygen atoms in total. The lowest BCUT2D eigenvalue weighted by molar-refractivity contribution is 0.00578. The standard InChI is InChI=1S/C17H27BN2O3/c1-7-12(2)20(15(19)21)14-10-8-13(9-11-14)18-22-16(3,4)17(5,6)23-18/h8-12H,7H2,1-6H3,(H2,19,21)/t12-/m1/s1. The van der Waals surface area contributed by atoms with E-state index in [-0.39, 0.29) is 17.2 Å². The van der Waals surface area contributed by atoms with Crippen LogP contribution in [0.15, 0.2) is 24.3 Å². The lowest BCUT2D eigenvalue weighted by Gasteiger charge is -2.32. The highest BCUT2D eigenvalue weighted by molar-refractivity contribution is 6.62. The zero-order valence-electron chi connectivity index (χ0n) is 14.9. The molecular formula is C17H27BN2O3. The lowest BCUT2D eigenvalue weighted by Crippen LogP contribution is -2.42. The largest absolute Gasteiger partial charge is 0.494 e. The van der Waals surface area contributed by atoms with Crippen LogP contribution in [0.5, 0.6) is 0 Å². The summed E-state index contributed by atoms with van der Waals surface area (Å²) in [6.07, 6.45) is 0.835. The molecule has 6 heteroatoms. The first-order chi connectivity index (χ1) is 10.6. The molecule has 1 atom stereocenters. The molecule has 0 radical (unpaired) electrons. The predicted molar refractivity (Wildman–Crippen MR) is 94.0 cm³/mol. The van der Waals surface area contributed by atoms with E-state index in [1.165, 1.54) is 0 Å². The Hall–Kier alpha value is -1.53. The van der Waals surface area contributed by atoms with Gasteiger partial charge in [0.05, 0.1) is 11.2 Å². The van der Waals surface area contributed by atoms with E-state index in [0.29, 0.717) is 0 Å². The lowest BCUT2D eigenvalue weighted by atomic mass is 9.79. The number of carbonyl (C=O) groups is 1. The summed E-state index contributed by atoms with van der Waals surface area (Å²) >= 11 is 0. The molecule has 1 aliphatic rings. The van der Waals surface area contributed by atoms with Gasteiger partial charge in [0, 0.05) is 11.7 Å². The summed E-state index contributed by atoms with van der Waals surface area (Å²) in [7, 11) is -0.403. The second-order valence-electron chi connectivity index (χ2n) is 7.15. The minimum absolute atomic E-state index is 0.0511. The molecule has 1 fully saturated rings. The van der Waals surface area contributed by atoms with Crippen molar-refractivity contribution in [2.75, 3.05) is 4.90 Å². The van der Waals surface area contributed by atoms with Gasteiger partial charge in [-0.1, -0.05) is 19.1 Å². The highest BCUT2D eigenvalue weighted by Crippen LogP contribution is 2.36. The van der Waals surface area contributed by atoms with Crippen LogP contribution in [0.4, 0.5) is 10.5 Å². The average molecular weight is 318 g/mol. The molecule has 0 saturated carbocycles. The third kappa shape index (κ3) is 3.38. The summed E-state index contributed by atoms with van der Waals surface area (Å²) in [6.45, 7) is 12.1. The molecule has 2 amide bonds. The smallest absolute Gasteiger partial charge is 0.399 e. The van der Waals surface area contributed by atoms with Crippen LogP contribution in [0.2, 0.25) is 0 Å². The molecule has 0 bridgehead atoms. The van der Waals surface area contributed by atoms with Crippen molar-refractivity contribution in [2.24, 2.45) is 5.73 Å². The summed E-state index contributed by atoms with van der Waals surface area (Å²) in [5, 5.41) is 0. The van der Waals surface area contributed by atoms with Crippen molar-refractivity contribution in [3.05, 3.63) is 24.3 Å². The maximum Gasteiger partial charge on any atom is 0.494 e. The number of urea groups is 1. The number of rotatable bonds is 4. The van der Waals surface area contributed by atoms with Gasteiger partial charge in [-0.3, -0.25) is 4.90 Å². The average Bonchev–Trinajstić information content (AvgIpc) is 2.67. The number of anilines is 1. The Morgan fingerprint density at radius 2 is 1.65 bits per heavy atom. The summed E-state index contributed by atoms with van der Waals surface area (Å²) in [6, 6.07) is 7.23. The van der Waals surface area contributed by atoms with Gasteiger partial charge in [0.2, 0.25) is 0 Å². The zero-order valence-corrected chi connectivity index (χ0v) is 14.9. The minimum atomic E-state index is -0.442. The van der Waals surface area contributed by atoms with Crippen molar-refractivity contribution < 1.29 is 14.1 Å². The van der Waals surface area contributed by atoms with E-state index in [2.05, 4.69) is 0 Å². The molecule has 1 aromatic rings. The Bertz CT molecular complexity index is 556. The number of nitrogens with two attached hydrogens (primary N) is 1. The molecule has 1 saturated heterocycles. The third-order valence-corrected chi connectivity index (χ3v) is 4.97. The van der Waals surface area contributed by atoms with Crippen LogP contribution in [-0.2, 0) is 9.31 Å². The Balaban J connectivity index is 2.22. The van der Waals surface area contributed by atoms with Gasteiger partial charge in [0.1, 0.15) is 0 Å². The predicted octanol–water partition coefficient (Wildman–Crippen LogP) is 2.67. The molecule has 2 rings (SSSR count). The van der Waals surface area contributed by atoms with Gasteiger partial charge < -0.3 is 15.0 Å². The van der Waals surface area contributed by atoms with Gasteiger partial charge in [-0.25, -0.2) is 4.79 Å². The molecule has 1 aromatic carbocycles. The Morgan fingerprint density at radius 1 is 1.17 bits per heavy atom. The third-order valence-electron chi connectivity index (χ3n) is 4.97. The van der Waals surface area contributed by atoms with Crippen molar-refractivity contribution in [3.63, 3.8) is 0 Å². The van der Waals surface area contributed by atoms with Gasteiger partial charge in [-0.2, -0.15) is 0 Å². The summed E-state index contributed by atoms with van der Waals surface area (Å²) in [5.41, 5.74) is 6.49.